The highest BCUT2D eigenvalue weighted by Crippen LogP contribution is 2.29. The summed E-state index contributed by atoms with van der Waals surface area (Å²) < 4.78 is 33.2. The van der Waals surface area contributed by atoms with Gasteiger partial charge in [0.1, 0.15) is 5.75 Å². The first kappa shape index (κ1) is 26.6. The van der Waals surface area contributed by atoms with Gasteiger partial charge in [-0.25, -0.2) is 17.9 Å². The fourth-order valence-corrected chi connectivity index (χ4v) is 5.99. The molecular formula is C23H27ClIN3O5S. The van der Waals surface area contributed by atoms with Crippen molar-refractivity contribution in [3.8, 4) is 5.75 Å². The van der Waals surface area contributed by atoms with E-state index in [1.54, 1.807) is 24.3 Å². The van der Waals surface area contributed by atoms with Gasteiger partial charge in [0.25, 0.3) is 15.9 Å². The van der Waals surface area contributed by atoms with Crippen molar-refractivity contribution >= 4 is 56.2 Å². The smallest absolute Gasteiger partial charge is 0.328 e. The van der Waals surface area contributed by atoms with Crippen molar-refractivity contribution in [3.05, 3.63) is 56.1 Å². The summed E-state index contributed by atoms with van der Waals surface area (Å²) in [7, 11) is -2.48. The van der Waals surface area contributed by atoms with E-state index in [1.807, 2.05) is 0 Å². The molecule has 8 nitrogen and oxygen atoms in total. The standard InChI is InChI=1S/C23H27ClIN3O5S/c1-33-21-19(13-16(24)14-20(21)25)22(29)26-12-11-15-7-9-18(10-8-15)34(31,32)28-23(30)27-17-5-3-2-4-6-17/h7-10,13-14,17H,2-6,11-12H2,1H3,(H,26,29)(H2,27,28,30). The van der Waals surface area contributed by atoms with E-state index in [0.717, 1.165) is 41.2 Å². The lowest BCUT2D eigenvalue weighted by atomic mass is 9.96. The molecule has 3 N–H and O–H groups in total. The number of nitrogens with one attached hydrogen (secondary N) is 3. The molecule has 0 spiro atoms. The molecule has 0 heterocycles. The Morgan fingerprint density at radius 2 is 1.79 bits per heavy atom. The molecule has 0 bridgehead atoms. The molecule has 1 aliphatic rings. The van der Waals surface area contributed by atoms with Crippen LogP contribution in [0.2, 0.25) is 5.02 Å². The summed E-state index contributed by atoms with van der Waals surface area (Å²) >= 11 is 8.12. The second kappa shape index (κ2) is 12.1. The minimum absolute atomic E-state index is 0.00248. The number of amides is 3. The first-order valence-corrected chi connectivity index (χ1v) is 13.9. The van der Waals surface area contributed by atoms with Crippen molar-refractivity contribution in [1.29, 1.82) is 0 Å². The van der Waals surface area contributed by atoms with Crippen LogP contribution in [-0.4, -0.2) is 40.1 Å². The van der Waals surface area contributed by atoms with Crippen molar-refractivity contribution in [3.63, 3.8) is 0 Å². The minimum atomic E-state index is -3.97. The molecule has 0 atom stereocenters. The normalized spacial score (nSPS) is 14.3. The summed E-state index contributed by atoms with van der Waals surface area (Å²) in [5.41, 5.74) is 1.18. The Balaban J connectivity index is 1.53. The van der Waals surface area contributed by atoms with E-state index in [2.05, 4.69) is 37.9 Å². The predicted molar refractivity (Wildman–Crippen MR) is 139 cm³/mol. The van der Waals surface area contributed by atoms with Gasteiger partial charge < -0.3 is 15.4 Å². The zero-order valence-corrected chi connectivity index (χ0v) is 22.4. The third-order valence-corrected chi connectivity index (χ3v) is 7.92. The topological polar surface area (TPSA) is 114 Å². The van der Waals surface area contributed by atoms with Gasteiger partial charge in [0.05, 0.1) is 21.1 Å². The number of carbonyl (C=O) groups is 2. The number of sulfonamides is 1. The van der Waals surface area contributed by atoms with Crippen LogP contribution in [0.25, 0.3) is 0 Å². The lowest BCUT2D eigenvalue weighted by molar-refractivity contribution is 0.0951. The summed E-state index contributed by atoms with van der Waals surface area (Å²) in [6.07, 6.45) is 5.42. The quantitative estimate of drug-likeness (QED) is 0.383. The lowest BCUT2D eigenvalue weighted by Crippen LogP contribution is -2.45. The Kier molecular flexibility index (Phi) is 9.43. The van der Waals surface area contributed by atoms with Crippen molar-refractivity contribution in [1.82, 2.24) is 15.4 Å². The van der Waals surface area contributed by atoms with Gasteiger partial charge in [0.15, 0.2) is 0 Å². The molecule has 3 amide bonds. The number of ether oxygens (including phenoxy) is 1. The average molecular weight is 620 g/mol. The van der Waals surface area contributed by atoms with E-state index in [9.17, 15) is 18.0 Å². The Morgan fingerprint density at radius 3 is 2.44 bits per heavy atom. The van der Waals surface area contributed by atoms with Gasteiger partial charge in [-0.3, -0.25) is 4.79 Å². The Labute approximate surface area is 218 Å². The van der Waals surface area contributed by atoms with Crippen LogP contribution in [-0.2, 0) is 16.4 Å². The molecule has 11 heteroatoms. The average Bonchev–Trinajstić information content (AvgIpc) is 2.79. The molecule has 2 aromatic carbocycles. The van der Waals surface area contributed by atoms with Gasteiger partial charge in [0.2, 0.25) is 0 Å². The van der Waals surface area contributed by atoms with Crippen LogP contribution >= 0.6 is 34.2 Å². The number of halogens is 2. The molecular weight excluding hydrogens is 593 g/mol. The molecule has 1 saturated carbocycles. The maximum atomic E-state index is 12.6. The zero-order valence-electron chi connectivity index (χ0n) is 18.7. The summed E-state index contributed by atoms with van der Waals surface area (Å²) in [5.74, 6) is 0.140. The molecule has 184 valence electrons. The van der Waals surface area contributed by atoms with Crippen LogP contribution in [0.1, 0.15) is 48.0 Å². The van der Waals surface area contributed by atoms with Crippen LogP contribution in [0.15, 0.2) is 41.3 Å². The fraction of sp³-hybridized carbons (Fsp3) is 0.391. The molecule has 0 unspecified atom stereocenters. The van der Waals surface area contributed by atoms with E-state index < -0.39 is 16.1 Å². The molecule has 1 aliphatic carbocycles. The van der Waals surface area contributed by atoms with Gasteiger partial charge in [0, 0.05) is 17.6 Å². The Bertz CT molecular complexity index is 1140. The second-order valence-electron chi connectivity index (χ2n) is 8.03. The highest BCUT2D eigenvalue weighted by atomic mass is 127. The number of rotatable bonds is 8. The molecule has 1 fully saturated rings. The number of methoxy groups -OCH3 is 1. The molecule has 0 aliphatic heterocycles. The van der Waals surface area contributed by atoms with E-state index >= 15 is 0 Å². The molecule has 0 radical (unpaired) electrons. The number of urea groups is 1. The van der Waals surface area contributed by atoms with E-state index in [0.29, 0.717) is 29.3 Å². The number of benzene rings is 2. The summed E-state index contributed by atoms with van der Waals surface area (Å²) in [6.45, 7) is 0.333. The third kappa shape index (κ3) is 7.22. The largest absolute Gasteiger partial charge is 0.495 e. The summed E-state index contributed by atoms with van der Waals surface area (Å²) in [5, 5.41) is 6.00. The molecule has 2 aromatic rings. The van der Waals surface area contributed by atoms with E-state index in [-0.39, 0.29) is 16.8 Å². The minimum Gasteiger partial charge on any atom is -0.495 e. The third-order valence-electron chi connectivity index (χ3n) is 5.56. The van der Waals surface area contributed by atoms with Gasteiger partial charge >= 0.3 is 6.03 Å². The zero-order chi connectivity index (χ0) is 24.7. The van der Waals surface area contributed by atoms with Crippen molar-refractivity contribution in [2.75, 3.05) is 13.7 Å². The first-order valence-electron chi connectivity index (χ1n) is 10.9. The molecule has 0 aromatic heterocycles. The van der Waals surface area contributed by atoms with Crippen LogP contribution < -0.4 is 20.1 Å². The highest BCUT2D eigenvalue weighted by molar-refractivity contribution is 14.1. The van der Waals surface area contributed by atoms with E-state index in [1.165, 1.54) is 19.2 Å². The predicted octanol–water partition coefficient (Wildman–Crippen LogP) is 4.25. The monoisotopic (exact) mass is 619 g/mol. The molecule has 3 rings (SSSR count). The van der Waals surface area contributed by atoms with Crippen LogP contribution in [0.3, 0.4) is 0 Å². The van der Waals surface area contributed by atoms with Crippen LogP contribution in [0.4, 0.5) is 4.79 Å². The van der Waals surface area contributed by atoms with Crippen LogP contribution in [0, 0.1) is 3.57 Å². The number of carbonyl (C=O) groups excluding carboxylic acids is 2. The summed E-state index contributed by atoms with van der Waals surface area (Å²) in [4.78, 5) is 24.7. The lowest BCUT2D eigenvalue weighted by Gasteiger charge is -2.22. The Hall–Kier alpha value is -2.05. The number of hydrogen-bond donors (Lipinski definition) is 3. The van der Waals surface area contributed by atoms with Crippen molar-refractivity contribution < 1.29 is 22.7 Å². The Morgan fingerprint density at radius 1 is 1.12 bits per heavy atom. The van der Waals surface area contributed by atoms with Crippen LogP contribution in [0.5, 0.6) is 5.75 Å². The van der Waals surface area contributed by atoms with Gasteiger partial charge in [-0.1, -0.05) is 43.0 Å². The fourth-order valence-electron chi connectivity index (χ4n) is 3.83. The number of hydrogen-bond acceptors (Lipinski definition) is 5. The molecule has 34 heavy (non-hydrogen) atoms. The van der Waals surface area contributed by atoms with Crippen molar-refractivity contribution in [2.45, 2.75) is 49.5 Å². The van der Waals surface area contributed by atoms with E-state index in [4.69, 9.17) is 16.3 Å². The maximum absolute atomic E-state index is 12.6. The second-order valence-corrected chi connectivity index (χ2v) is 11.3. The SMILES string of the molecule is COc1c(I)cc(Cl)cc1C(=O)NCCc1ccc(S(=O)(=O)NC(=O)NC2CCCCC2)cc1. The first-order chi connectivity index (χ1) is 16.2. The maximum Gasteiger partial charge on any atom is 0.328 e. The molecule has 0 saturated heterocycles. The van der Waals surface area contributed by atoms with Gasteiger partial charge in [-0.15, -0.1) is 0 Å². The highest BCUT2D eigenvalue weighted by Gasteiger charge is 2.21. The van der Waals surface area contributed by atoms with Gasteiger partial charge in [-0.05, 0) is 71.7 Å². The van der Waals surface area contributed by atoms with Gasteiger partial charge in [-0.2, -0.15) is 0 Å². The summed E-state index contributed by atoms with van der Waals surface area (Å²) in [6, 6.07) is 8.76. The van der Waals surface area contributed by atoms with Crippen molar-refractivity contribution in [2.24, 2.45) is 0 Å².